The van der Waals surface area contributed by atoms with E-state index in [1.165, 1.54) is 17.8 Å². The van der Waals surface area contributed by atoms with E-state index in [9.17, 15) is 5.11 Å². The molecule has 1 N–H and O–H groups in total. The molecule has 0 spiro atoms. The number of hydrogen-bond donors (Lipinski definition) is 1. The maximum Gasteiger partial charge on any atom is 0.102 e. The first-order chi connectivity index (χ1) is 5.57. The largest absolute Gasteiger partial charge is 0.384 e. The van der Waals surface area contributed by atoms with Crippen molar-refractivity contribution in [1.82, 2.24) is 4.98 Å². The Morgan fingerprint density at radius 3 is 2.67 bits per heavy atom. The van der Waals surface area contributed by atoms with E-state index in [0.29, 0.717) is 5.92 Å². The molecule has 12 heavy (non-hydrogen) atoms. The Labute approximate surface area is 76.3 Å². The average Bonchev–Trinajstić information content (AvgIpc) is 2.66. The number of aliphatic hydroxyl groups is 1. The van der Waals surface area contributed by atoms with E-state index in [1.54, 1.807) is 25.2 Å². The lowest BCUT2D eigenvalue weighted by Crippen LogP contribution is -2.15. The van der Waals surface area contributed by atoms with E-state index in [-0.39, 0.29) is 0 Å². The molecule has 1 aliphatic rings. The fourth-order valence-electron chi connectivity index (χ4n) is 1.09. The van der Waals surface area contributed by atoms with Gasteiger partial charge in [-0.15, -0.1) is 11.3 Å². The minimum atomic E-state index is -0.774. The third kappa shape index (κ3) is 1.52. The van der Waals surface area contributed by atoms with Crippen molar-refractivity contribution in [3.05, 3.63) is 16.1 Å². The third-order valence-corrected chi connectivity index (χ3v) is 3.08. The van der Waals surface area contributed by atoms with E-state index in [4.69, 9.17) is 0 Å². The summed E-state index contributed by atoms with van der Waals surface area (Å²) in [4.78, 5) is 4.41. The van der Waals surface area contributed by atoms with Crippen molar-refractivity contribution in [3.8, 4) is 0 Å². The molecule has 1 fully saturated rings. The van der Waals surface area contributed by atoms with Crippen LogP contribution in [0.5, 0.6) is 0 Å². The standard InChI is InChI=1S/C9H13NOS/c1-9(2,11)7-5-12-8(10-7)6-3-4-6/h5-6,11H,3-4H2,1-2H3. The van der Waals surface area contributed by atoms with Crippen LogP contribution in [0.2, 0.25) is 0 Å². The van der Waals surface area contributed by atoms with Gasteiger partial charge in [0.25, 0.3) is 0 Å². The van der Waals surface area contributed by atoms with Crippen LogP contribution >= 0.6 is 11.3 Å². The molecule has 1 heterocycles. The maximum absolute atomic E-state index is 9.65. The lowest BCUT2D eigenvalue weighted by molar-refractivity contribution is 0.0744. The second kappa shape index (κ2) is 2.54. The van der Waals surface area contributed by atoms with Crippen molar-refractivity contribution in [2.75, 3.05) is 0 Å². The molecule has 1 aromatic rings. The Kier molecular flexibility index (Phi) is 1.73. The van der Waals surface area contributed by atoms with Gasteiger partial charge in [-0.05, 0) is 26.7 Å². The van der Waals surface area contributed by atoms with Crippen LogP contribution in [-0.2, 0) is 5.60 Å². The molecule has 0 amide bonds. The van der Waals surface area contributed by atoms with E-state index in [2.05, 4.69) is 4.98 Å². The molecular formula is C9H13NOS. The normalized spacial score (nSPS) is 18.2. The summed E-state index contributed by atoms with van der Waals surface area (Å²) in [6.07, 6.45) is 2.55. The van der Waals surface area contributed by atoms with Crippen LogP contribution in [0.3, 0.4) is 0 Å². The first-order valence-electron chi connectivity index (χ1n) is 4.25. The van der Waals surface area contributed by atoms with E-state index in [1.807, 2.05) is 5.38 Å². The Bertz CT molecular complexity index is 283. The van der Waals surface area contributed by atoms with Gasteiger partial charge < -0.3 is 5.11 Å². The smallest absolute Gasteiger partial charge is 0.102 e. The molecule has 1 aliphatic carbocycles. The fourth-order valence-corrected chi connectivity index (χ4v) is 2.24. The summed E-state index contributed by atoms with van der Waals surface area (Å²) in [5.41, 5.74) is 0.0401. The first kappa shape index (κ1) is 8.20. The molecule has 2 rings (SSSR count). The molecule has 0 aliphatic heterocycles. The molecule has 66 valence electrons. The molecule has 0 saturated heterocycles. The van der Waals surface area contributed by atoms with Gasteiger partial charge in [0.1, 0.15) is 5.60 Å². The topological polar surface area (TPSA) is 33.1 Å². The average molecular weight is 183 g/mol. The van der Waals surface area contributed by atoms with Gasteiger partial charge in [-0.3, -0.25) is 0 Å². The van der Waals surface area contributed by atoms with Crippen LogP contribution in [0.15, 0.2) is 5.38 Å². The van der Waals surface area contributed by atoms with Gasteiger partial charge >= 0.3 is 0 Å². The van der Waals surface area contributed by atoms with Crippen LogP contribution in [-0.4, -0.2) is 10.1 Å². The highest BCUT2D eigenvalue weighted by Gasteiger charge is 2.28. The van der Waals surface area contributed by atoms with Crippen LogP contribution in [0, 0.1) is 0 Å². The molecule has 0 atom stereocenters. The second-order valence-electron chi connectivity index (χ2n) is 3.90. The second-order valence-corrected chi connectivity index (χ2v) is 4.79. The van der Waals surface area contributed by atoms with Crippen molar-refractivity contribution in [2.45, 2.75) is 38.2 Å². The summed E-state index contributed by atoms with van der Waals surface area (Å²) in [6, 6.07) is 0. The highest BCUT2D eigenvalue weighted by atomic mass is 32.1. The van der Waals surface area contributed by atoms with Crippen molar-refractivity contribution in [3.63, 3.8) is 0 Å². The summed E-state index contributed by atoms with van der Waals surface area (Å²) >= 11 is 1.68. The van der Waals surface area contributed by atoms with Gasteiger partial charge in [0.15, 0.2) is 0 Å². The van der Waals surface area contributed by atoms with Gasteiger partial charge in [-0.1, -0.05) is 0 Å². The molecule has 3 heteroatoms. The Morgan fingerprint density at radius 1 is 1.58 bits per heavy atom. The summed E-state index contributed by atoms with van der Waals surface area (Å²) < 4.78 is 0. The zero-order valence-corrected chi connectivity index (χ0v) is 8.19. The Balaban J connectivity index is 2.23. The van der Waals surface area contributed by atoms with Gasteiger partial charge in [0.2, 0.25) is 0 Å². The number of rotatable bonds is 2. The molecule has 1 aromatic heterocycles. The number of nitrogens with zero attached hydrogens (tertiary/aromatic N) is 1. The zero-order valence-electron chi connectivity index (χ0n) is 7.37. The van der Waals surface area contributed by atoms with Crippen LogP contribution in [0.25, 0.3) is 0 Å². The van der Waals surface area contributed by atoms with Crippen LogP contribution < -0.4 is 0 Å². The van der Waals surface area contributed by atoms with Crippen molar-refractivity contribution in [1.29, 1.82) is 0 Å². The van der Waals surface area contributed by atoms with E-state index >= 15 is 0 Å². The number of thiazole rings is 1. The SMILES string of the molecule is CC(C)(O)c1csc(C2CC2)n1. The van der Waals surface area contributed by atoms with Crippen molar-refractivity contribution < 1.29 is 5.11 Å². The third-order valence-electron chi connectivity index (χ3n) is 2.08. The number of aromatic nitrogens is 1. The monoisotopic (exact) mass is 183 g/mol. The quantitative estimate of drug-likeness (QED) is 0.762. The van der Waals surface area contributed by atoms with Crippen LogP contribution in [0.4, 0.5) is 0 Å². The lowest BCUT2D eigenvalue weighted by Gasteiger charge is -2.12. The summed E-state index contributed by atoms with van der Waals surface area (Å²) in [5.74, 6) is 0.700. The highest BCUT2D eigenvalue weighted by Crippen LogP contribution is 2.42. The zero-order chi connectivity index (χ0) is 8.77. The Hall–Kier alpha value is -0.410. The molecule has 1 saturated carbocycles. The van der Waals surface area contributed by atoms with Gasteiger partial charge in [-0.25, -0.2) is 4.98 Å². The van der Waals surface area contributed by atoms with Crippen LogP contribution in [0.1, 0.15) is 43.3 Å². The summed E-state index contributed by atoms with van der Waals surface area (Å²) in [6.45, 7) is 3.55. The van der Waals surface area contributed by atoms with Gasteiger partial charge in [0.05, 0.1) is 10.7 Å². The Morgan fingerprint density at radius 2 is 2.25 bits per heavy atom. The minimum Gasteiger partial charge on any atom is -0.384 e. The summed E-state index contributed by atoms with van der Waals surface area (Å²) in [7, 11) is 0. The predicted octanol–water partition coefficient (Wildman–Crippen LogP) is 2.25. The fraction of sp³-hybridized carbons (Fsp3) is 0.667. The van der Waals surface area contributed by atoms with Gasteiger partial charge in [0, 0.05) is 11.3 Å². The van der Waals surface area contributed by atoms with Crippen molar-refractivity contribution >= 4 is 11.3 Å². The molecule has 0 aromatic carbocycles. The van der Waals surface area contributed by atoms with Gasteiger partial charge in [-0.2, -0.15) is 0 Å². The lowest BCUT2D eigenvalue weighted by atomic mass is 10.1. The molecule has 0 unspecified atom stereocenters. The predicted molar refractivity (Wildman–Crippen MR) is 49.3 cm³/mol. The molecule has 0 radical (unpaired) electrons. The number of hydrogen-bond acceptors (Lipinski definition) is 3. The molecule has 2 nitrogen and oxygen atoms in total. The first-order valence-corrected chi connectivity index (χ1v) is 5.13. The molecule has 0 bridgehead atoms. The molecular weight excluding hydrogens is 170 g/mol. The maximum atomic E-state index is 9.65. The van der Waals surface area contributed by atoms with Crippen molar-refractivity contribution in [2.24, 2.45) is 0 Å². The minimum absolute atomic E-state index is 0.700. The highest BCUT2D eigenvalue weighted by molar-refractivity contribution is 7.09. The summed E-state index contributed by atoms with van der Waals surface area (Å²) in [5, 5.41) is 12.8. The van der Waals surface area contributed by atoms with E-state index in [0.717, 1.165) is 5.69 Å². The van der Waals surface area contributed by atoms with E-state index < -0.39 is 5.60 Å².